The zero-order valence-electron chi connectivity index (χ0n) is 9.31. The van der Waals surface area contributed by atoms with E-state index in [1.807, 2.05) is 19.1 Å². The highest BCUT2D eigenvalue weighted by Crippen LogP contribution is 2.40. The van der Waals surface area contributed by atoms with Crippen LogP contribution in [0.2, 0.25) is 0 Å². The standard InChI is InChI=1S/C13H14N2O/c1-9-12-4-2-3-11(7-8-16)15(12)13(14-9)10-5-6-10/h2-4,8,10H,5-7H2,1H3. The maximum absolute atomic E-state index is 10.7. The van der Waals surface area contributed by atoms with Crippen molar-refractivity contribution in [2.75, 3.05) is 0 Å². The second-order valence-electron chi connectivity index (χ2n) is 4.44. The molecule has 0 saturated heterocycles. The molecule has 0 atom stereocenters. The summed E-state index contributed by atoms with van der Waals surface area (Å²) in [6.07, 6.45) is 3.88. The van der Waals surface area contributed by atoms with Crippen LogP contribution in [0.1, 0.15) is 36.0 Å². The molecule has 1 fully saturated rings. The Morgan fingerprint density at radius 3 is 3.00 bits per heavy atom. The molecular weight excluding hydrogens is 200 g/mol. The monoisotopic (exact) mass is 214 g/mol. The lowest BCUT2D eigenvalue weighted by Gasteiger charge is -2.05. The first-order valence-electron chi connectivity index (χ1n) is 5.71. The van der Waals surface area contributed by atoms with E-state index in [0.717, 1.165) is 29.0 Å². The van der Waals surface area contributed by atoms with Gasteiger partial charge in [0.25, 0.3) is 0 Å². The number of aryl methyl sites for hydroxylation is 1. The first kappa shape index (κ1) is 9.58. The third-order valence-corrected chi connectivity index (χ3v) is 3.19. The molecule has 16 heavy (non-hydrogen) atoms. The molecule has 0 N–H and O–H groups in total. The molecular formula is C13H14N2O. The summed E-state index contributed by atoms with van der Waals surface area (Å²) < 4.78 is 2.17. The number of carbonyl (C=O) groups excluding carboxylic acids is 1. The Morgan fingerprint density at radius 2 is 2.31 bits per heavy atom. The fourth-order valence-corrected chi connectivity index (χ4v) is 2.25. The van der Waals surface area contributed by atoms with E-state index in [1.165, 1.54) is 12.8 Å². The molecule has 2 heterocycles. The van der Waals surface area contributed by atoms with Crippen LogP contribution >= 0.6 is 0 Å². The molecule has 3 nitrogen and oxygen atoms in total. The van der Waals surface area contributed by atoms with Crippen molar-refractivity contribution in [2.45, 2.75) is 32.1 Å². The molecule has 0 aliphatic heterocycles. The van der Waals surface area contributed by atoms with Crippen LogP contribution in [0.3, 0.4) is 0 Å². The van der Waals surface area contributed by atoms with E-state index in [9.17, 15) is 4.79 Å². The number of aromatic nitrogens is 2. The number of carbonyl (C=O) groups is 1. The highest BCUT2D eigenvalue weighted by atomic mass is 16.1. The van der Waals surface area contributed by atoms with Gasteiger partial charge in [-0.3, -0.25) is 4.40 Å². The molecule has 3 heteroatoms. The van der Waals surface area contributed by atoms with Gasteiger partial charge in [-0.15, -0.1) is 0 Å². The van der Waals surface area contributed by atoms with Crippen LogP contribution in [0.5, 0.6) is 0 Å². The Morgan fingerprint density at radius 1 is 1.50 bits per heavy atom. The van der Waals surface area contributed by atoms with Crippen molar-refractivity contribution in [2.24, 2.45) is 0 Å². The molecule has 0 unspecified atom stereocenters. The van der Waals surface area contributed by atoms with Crippen molar-refractivity contribution in [1.82, 2.24) is 9.38 Å². The minimum atomic E-state index is 0.465. The summed E-state index contributed by atoms with van der Waals surface area (Å²) in [5.74, 6) is 1.75. The number of aldehydes is 1. The number of hydrogen-bond acceptors (Lipinski definition) is 2. The number of hydrogen-bond donors (Lipinski definition) is 0. The first-order chi connectivity index (χ1) is 7.81. The Labute approximate surface area is 94.1 Å². The summed E-state index contributed by atoms with van der Waals surface area (Å²) in [6.45, 7) is 2.03. The molecule has 0 amide bonds. The zero-order chi connectivity index (χ0) is 11.1. The molecule has 1 saturated carbocycles. The van der Waals surface area contributed by atoms with Crippen molar-refractivity contribution in [1.29, 1.82) is 0 Å². The number of nitrogens with zero attached hydrogens (tertiary/aromatic N) is 2. The number of pyridine rings is 1. The third-order valence-electron chi connectivity index (χ3n) is 3.19. The molecule has 2 aromatic rings. The molecule has 1 aliphatic rings. The zero-order valence-corrected chi connectivity index (χ0v) is 9.31. The molecule has 0 radical (unpaired) electrons. The summed E-state index contributed by atoms with van der Waals surface area (Å²) in [5, 5.41) is 0. The molecule has 82 valence electrons. The van der Waals surface area contributed by atoms with E-state index in [2.05, 4.69) is 15.5 Å². The molecule has 2 aromatic heterocycles. The van der Waals surface area contributed by atoms with Crippen molar-refractivity contribution < 1.29 is 4.79 Å². The van der Waals surface area contributed by atoms with E-state index in [1.54, 1.807) is 0 Å². The topological polar surface area (TPSA) is 34.4 Å². The summed E-state index contributed by atoms with van der Waals surface area (Å²) in [4.78, 5) is 15.3. The Kier molecular flexibility index (Phi) is 2.06. The van der Waals surface area contributed by atoms with Gasteiger partial charge in [0.15, 0.2) is 0 Å². The highest BCUT2D eigenvalue weighted by Gasteiger charge is 2.29. The smallest absolute Gasteiger partial charge is 0.125 e. The lowest BCUT2D eigenvalue weighted by Crippen LogP contribution is -2.01. The molecule has 0 bridgehead atoms. The van der Waals surface area contributed by atoms with Crippen LogP contribution < -0.4 is 0 Å². The lowest BCUT2D eigenvalue weighted by molar-refractivity contribution is -0.107. The quantitative estimate of drug-likeness (QED) is 0.734. The average molecular weight is 214 g/mol. The van der Waals surface area contributed by atoms with Gasteiger partial charge in [0.2, 0.25) is 0 Å². The maximum atomic E-state index is 10.7. The van der Waals surface area contributed by atoms with Crippen molar-refractivity contribution in [3.8, 4) is 0 Å². The minimum Gasteiger partial charge on any atom is -0.303 e. The summed E-state index contributed by atoms with van der Waals surface area (Å²) in [5.41, 5.74) is 3.26. The van der Waals surface area contributed by atoms with E-state index < -0.39 is 0 Å². The Balaban J connectivity index is 2.29. The van der Waals surface area contributed by atoms with Gasteiger partial charge in [-0.05, 0) is 31.9 Å². The fraction of sp³-hybridized carbons (Fsp3) is 0.385. The SMILES string of the molecule is Cc1nc(C2CC2)n2c(CC=O)cccc12. The van der Waals surface area contributed by atoms with Gasteiger partial charge in [0.05, 0.1) is 11.2 Å². The fourth-order valence-electron chi connectivity index (χ4n) is 2.25. The maximum Gasteiger partial charge on any atom is 0.125 e. The number of rotatable bonds is 3. The van der Waals surface area contributed by atoms with E-state index in [0.29, 0.717) is 12.3 Å². The predicted octanol–water partition coefficient (Wildman–Crippen LogP) is 2.26. The van der Waals surface area contributed by atoms with Gasteiger partial charge in [0.1, 0.15) is 12.1 Å². The Bertz CT molecular complexity index is 552. The third kappa shape index (κ3) is 1.35. The minimum absolute atomic E-state index is 0.465. The predicted molar refractivity (Wildman–Crippen MR) is 61.7 cm³/mol. The van der Waals surface area contributed by atoms with Crippen LogP contribution in [0, 0.1) is 6.92 Å². The van der Waals surface area contributed by atoms with Crippen molar-refractivity contribution in [3.63, 3.8) is 0 Å². The van der Waals surface area contributed by atoms with E-state index in [4.69, 9.17) is 0 Å². The molecule has 3 rings (SSSR count). The summed E-state index contributed by atoms with van der Waals surface area (Å²) in [6, 6.07) is 6.08. The molecule has 1 aliphatic carbocycles. The molecule has 0 aromatic carbocycles. The van der Waals surface area contributed by atoms with E-state index >= 15 is 0 Å². The Hall–Kier alpha value is -1.64. The number of fused-ring (bicyclic) bond motifs is 1. The summed E-state index contributed by atoms with van der Waals surface area (Å²) in [7, 11) is 0. The molecule has 0 spiro atoms. The normalized spacial score (nSPS) is 15.6. The van der Waals surface area contributed by atoms with Crippen LogP contribution in [0.25, 0.3) is 5.52 Å². The van der Waals surface area contributed by atoms with Gasteiger partial charge in [-0.2, -0.15) is 0 Å². The van der Waals surface area contributed by atoms with Gasteiger partial charge >= 0.3 is 0 Å². The summed E-state index contributed by atoms with van der Waals surface area (Å²) >= 11 is 0. The van der Waals surface area contributed by atoms with Gasteiger partial charge in [-0.25, -0.2) is 4.98 Å². The largest absolute Gasteiger partial charge is 0.303 e. The van der Waals surface area contributed by atoms with Crippen LogP contribution in [0.4, 0.5) is 0 Å². The highest BCUT2D eigenvalue weighted by molar-refractivity contribution is 5.59. The average Bonchev–Trinajstić information content (AvgIpc) is 3.06. The first-order valence-corrected chi connectivity index (χ1v) is 5.71. The van der Waals surface area contributed by atoms with E-state index in [-0.39, 0.29) is 0 Å². The van der Waals surface area contributed by atoms with Crippen LogP contribution in [-0.4, -0.2) is 15.7 Å². The second-order valence-corrected chi connectivity index (χ2v) is 4.44. The lowest BCUT2D eigenvalue weighted by atomic mass is 10.2. The second kappa shape index (κ2) is 3.44. The number of imidazole rings is 1. The van der Waals surface area contributed by atoms with Crippen molar-refractivity contribution in [3.05, 3.63) is 35.4 Å². The van der Waals surface area contributed by atoms with Crippen molar-refractivity contribution >= 4 is 11.8 Å². The van der Waals surface area contributed by atoms with Crippen LogP contribution in [0.15, 0.2) is 18.2 Å². The van der Waals surface area contributed by atoms with Gasteiger partial charge < -0.3 is 4.79 Å². The van der Waals surface area contributed by atoms with Gasteiger partial charge in [-0.1, -0.05) is 6.07 Å². The van der Waals surface area contributed by atoms with Crippen LogP contribution in [-0.2, 0) is 11.2 Å². The van der Waals surface area contributed by atoms with Gasteiger partial charge in [0, 0.05) is 18.0 Å².